The highest BCUT2D eigenvalue weighted by molar-refractivity contribution is 14.0. The standard InChI is InChI=1S/C20H33N3O3.HI/c1-4-21-20(23(3)10-11-25-14-17-8-9-17)22-13-18(24)15-26-19-7-5-6-16(2)12-19;/h5-7,12,17-18,24H,4,8-11,13-15H2,1-3H3,(H,21,22);1H. The smallest absolute Gasteiger partial charge is 0.193 e. The van der Waals surface area contributed by atoms with Crippen LogP contribution in [0.4, 0.5) is 0 Å². The van der Waals surface area contributed by atoms with E-state index in [-0.39, 0.29) is 30.6 Å². The quantitative estimate of drug-likeness (QED) is 0.216. The maximum atomic E-state index is 10.2. The second-order valence-corrected chi connectivity index (χ2v) is 6.92. The van der Waals surface area contributed by atoms with E-state index in [1.807, 2.05) is 50.1 Å². The number of aliphatic hydroxyl groups is 1. The lowest BCUT2D eigenvalue weighted by Gasteiger charge is -2.22. The number of guanidine groups is 1. The lowest BCUT2D eigenvalue weighted by Crippen LogP contribution is -2.41. The van der Waals surface area contributed by atoms with Crippen molar-refractivity contribution in [3.8, 4) is 5.75 Å². The number of hydrogen-bond acceptors (Lipinski definition) is 4. The van der Waals surface area contributed by atoms with Gasteiger partial charge in [-0.3, -0.25) is 4.99 Å². The van der Waals surface area contributed by atoms with E-state index < -0.39 is 6.10 Å². The molecule has 0 radical (unpaired) electrons. The molecule has 2 N–H and O–H groups in total. The summed E-state index contributed by atoms with van der Waals surface area (Å²) in [6.07, 6.45) is 1.97. The molecule has 2 rings (SSSR count). The normalized spacial score (nSPS) is 15.0. The zero-order chi connectivity index (χ0) is 18.8. The van der Waals surface area contributed by atoms with Crippen LogP contribution in [0, 0.1) is 12.8 Å². The molecule has 1 aromatic carbocycles. The summed E-state index contributed by atoms with van der Waals surface area (Å²) in [5.41, 5.74) is 1.13. The summed E-state index contributed by atoms with van der Waals surface area (Å²) in [5.74, 6) is 2.33. The van der Waals surface area contributed by atoms with E-state index in [4.69, 9.17) is 9.47 Å². The summed E-state index contributed by atoms with van der Waals surface area (Å²) >= 11 is 0. The van der Waals surface area contributed by atoms with Crippen LogP contribution in [0.3, 0.4) is 0 Å². The highest BCUT2D eigenvalue weighted by Gasteiger charge is 2.21. The Morgan fingerprint density at radius 1 is 1.41 bits per heavy atom. The summed E-state index contributed by atoms with van der Waals surface area (Å²) in [5, 5.41) is 13.4. The Hall–Kier alpha value is -1.06. The van der Waals surface area contributed by atoms with E-state index in [9.17, 15) is 5.11 Å². The first-order valence-corrected chi connectivity index (χ1v) is 9.53. The summed E-state index contributed by atoms with van der Waals surface area (Å²) in [6.45, 7) is 7.68. The first-order valence-electron chi connectivity index (χ1n) is 9.53. The number of benzene rings is 1. The number of aryl methyl sites for hydroxylation is 1. The minimum absolute atomic E-state index is 0. The molecule has 1 aliphatic carbocycles. The van der Waals surface area contributed by atoms with E-state index in [0.29, 0.717) is 13.2 Å². The first kappa shape index (κ1) is 24.0. The highest BCUT2D eigenvalue weighted by atomic mass is 127. The van der Waals surface area contributed by atoms with Gasteiger partial charge in [-0.2, -0.15) is 0 Å². The first-order chi connectivity index (χ1) is 12.6. The van der Waals surface area contributed by atoms with Crippen LogP contribution < -0.4 is 10.1 Å². The van der Waals surface area contributed by atoms with Crippen molar-refractivity contribution < 1.29 is 14.6 Å². The number of hydrogen-bond donors (Lipinski definition) is 2. The molecule has 0 saturated heterocycles. The average molecular weight is 491 g/mol. The second-order valence-electron chi connectivity index (χ2n) is 6.92. The van der Waals surface area contributed by atoms with Gasteiger partial charge >= 0.3 is 0 Å². The maximum Gasteiger partial charge on any atom is 0.193 e. The third kappa shape index (κ3) is 10.2. The van der Waals surface area contributed by atoms with Gasteiger partial charge in [-0.25, -0.2) is 0 Å². The Kier molecular flexibility index (Phi) is 11.7. The Balaban J connectivity index is 0.00000364. The summed E-state index contributed by atoms with van der Waals surface area (Å²) < 4.78 is 11.3. The van der Waals surface area contributed by atoms with Gasteiger partial charge in [-0.1, -0.05) is 12.1 Å². The lowest BCUT2D eigenvalue weighted by atomic mass is 10.2. The van der Waals surface area contributed by atoms with Gasteiger partial charge in [0.25, 0.3) is 0 Å². The van der Waals surface area contributed by atoms with E-state index in [0.717, 1.165) is 42.9 Å². The average Bonchev–Trinajstić information content (AvgIpc) is 3.44. The molecule has 1 saturated carbocycles. The van der Waals surface area contributed by atoms with Crippen molar-refractivity contribution in [1.29, 1.82) is 0 Å². The Labute approximate surface area is 180 Å². The number of rotatable bonds is 11. The molecule has 0 amide bonds. The van der Waals surface area contributed by atoms with E-state index in [1.54, 1.807) is 0 Å². The molecule has 1 atom stereocenters. The fourth-order valence-corrected chi connectivity index (χ4v) is 2.45. The summed E-state index contributed by atoms with van der Waals surface area (Å²) in [4.78, 5) is 6.55. The van der Waals surface area contributed by atoms with Crippen LogP contribution in [0.15, 0.2) is 29.3 Å². The molecule has 0 spiro atoms. The third-order valence-electron chi connectivity index (χ3n) is 4.20. The number of nitrogens with one attached hydrogen (secondary N) is 1. The fourth-order valence-electron chi connectivity index (χ4n) is 2.45. The second kappa shape index (κ2) is 13.2. The van der Waals surface area contributed by atoms with Gasteiger partial charge in [0.1, 0.15) is 18.5 Å². The zero-order valence-electron chi connectivity index (χ0n) is 16.7. The molecule has 6 nitrogen and oxygen atoms in total. The van der Waals surface area contributed by atoms with Crippen LogP contribution in [0.1, 0.15) is 25.3 Å². The molecule has 27 heavy (non-hydrogen) atoms. The third-order valence-corrected chi connectivity index (χ3v) is 4.20. The molecule has 1 fully saturated rings. The molecular formula is C20H34IN3O3. The van der Waals surface area contributed by atoms with Gasteiger partial charge in [0, 0.05) is 26.7 Å². The van der Waals surface area contributed by atoms with Crippen LogP contribution in [0.2, 0.25) is 0 Å². The van der Waals surface area contributed by atoms with Crippen molar-refractivity contribution in [2.75, 3.05) is 46.5 Å². The minimum atomic E-state index is -0.649. The zero-order valence-corrected chi connectivity index (χ0v) is 19.0. The number of nitrogens with zero attached hydrogens (tertiary/aromatic N) is 2. The van der Waals surface area contributed by atoms with Gasteiger partial charge in [0.15, 0.2) is 5.96 Å². The SMILES string of the molecule is CCNC(=NCC(O)COc1cccc(C)c1)N(C)CCOCC1CC1.I. The summed E-state index contributed by atoms with van der Waals surface area (Å²) in [6, 6.07) is 7.80. The Morgan fingerprint density at radius 2 is 2.19 bits per heavy atom. The molecule has 1 aliphatic rings. The molecule has 154 valence electrons. The molecular weight excluding hydrogens is 457 g/mol. The van der Waals surface area contributed by atoms with Crippen molar-refractivity contribution in [3.63, 3.8) is 0 Å². The minimum Gasteiger partial charge on any atom is -0.491 e. The van der Waals surface area contributed by atoms with Crippen molar-refractivity contribution in [2.24, 2.45) is 10.9 Å². The van der Waals surface area contributed by atoms with Gasteiger partial charge in [-0.15, -0.1) is 24.0 Å². The van der Waals surface area contributed by atoms with Crippen LogP contribution in [-0.2, 0) is 4.74 Å². The molecule has 0 aromatic heterocycles. The van der Waals surface area contributed by atoms with Crippen LogP contribution in [0.25, 0.3) is 0 Å². The predicted octanol–water partition coefficient (Wildman–Crippen LogP) is 2.68. The van der Waals surface area contributed by atoms with Gasteiger partial charge < -0.3 is 24.8 Å². The van der Waals surface area contributed by atoms with Gasteiger partial charge in [0.05, 0.1) is 13.2 Å². The van der Waals surface area contributed by atoms with Gasteiger partial charge in [-0.05, 0) is 50.3 Å². The van der Waals surface area contributed by atoms with Crippen molar-refractivity contribution in [1.82, 2.24) is 10.2 Å². The number of halogens is 1. The van der Waals surface area contributed by atoms with Crippen LogP contribution >= 0.6 is 24.0 Å². The Bertz CT molecular complexity index is 567. The molecule has 0 heterocycles. The predicted molar refractivity (Wildman–Crippen MR) is 120 cm³/mol. The number of ether oxygens (including phenoxy) is 2. The van der Waals surface area contributed by atoms with E-state index >= 15 is 0 Å². The number of aliphatic hydroxyl groups excluding tert-OH is 1. The Morgan fingerprint density at radius 3 is 2.85 bits per heavy atom. The van der Waals surface area contributed by atoms with E-state index in [1.165, 1.54) is 12.8 Å². The monoisotopic (exact) mass is 491 g/mol. The van der Waals surface area contributed by atoms with Gasteiger partial charge in [0.2, 0.25) is 0 Å². The number of likely N-dealkylation sites (N-methyl/N-ethyl adjacent to an activating group) is 1. The van der Waals surface area contributed by atoms with Crippen molar-refractivity contribution in [3.05, 3.63) is 29.8 Å². The topological polar surface area (TPSA) is 66.3 Å². The maximum absolute atomic E-state index is 10.2. The molecule has 1 unspecified atom stereocenters. The van der Waals surface area contributed by atoms with E-state index in [2.05, 4.69) is 10.3 Å². The van der Waals surface area contributed by atoms with Crippen molar-refractivity contribution in [2.45, 2.75) is 32.8 Å². The lowest BCUT2D eigenvalue weighted by molar-refractivity contribution is 0.111. The van der Waals surface area contributed by atoms with Crippen molar-refractivity contribution >= 4 is 29.9 Å². The van der Waals surface area contributed by atoms with Crippen LogP contribution in [-0.4, -0.2) is 68.6 Å². The fraction of sp³-hybridized carbons (Fsp3) is 0.650. The highest BCUT2D eigenvalue weighted by Crippen LogP contribution is 2.28. The molecule has 7 heteroatoms. The molecule has 0 aliphatic heterocycles. The van der Waals surface area contributed by atoms with Crippen LogP contribution in [0.5, 0.6) is 5.75 Å². The molecule has 1 aromatic rings. The largest absolute Gasteiger partial charge is 0.491 e. The molecule has 0 bridgehead atoms. The number of aliphatic imine (C=N–C) groups is 1. The summed E-state index contributed by atoms with van der Waals surface area (Å²) in [7, 11) is 1.98.